The highest BCUT2D eigenvalue weighted by Crippen LogP contribution is 2.28. The van der Waals surface area contributed by atoms with Crippen LogP contribution < -0.4 is 0 Å². The van der Waals surface area contributed by atoms with Crippen LogP contribution in [-0.2, 0) is 4.79 Å². The van der Waals surface area contributed by atoms with Crippen molar-refractivity contribution in [1.82, 2.24) is 4.90 Å². The van der Waals surface area contributed by atoms with Gasteiger partial charge in [0.2, 0.25) is 5.91 Å². The highest BCUT2D eigenvalue weighted by molar-refractivity contribution is 7.99. The Morgan fingerprint density at radius 1 is 1.35 bits per heavy atom. The Balaban J connectivity index is 1.79. The third-order valence-corrected chi connectivity index (χ3v) is 4.71. The van der Waals surface area contributed by atoms with Gasteiger partial charge in [0.1, 0.15) is 0 Å². The Morgan fingerprint density at radius 3 is 2.70 bits per heavy atom. The van der Waals surface area contributed by atoms with Crippen LogP contribution in [0.3, 0.4) is 0 Å². The lowest BCUT2D eigenvalue weighted by Crippen LogP contribution is -2.35. The molecule has 4 heteroatoms. The van der Waals surface area contributed by atoms with Crippen LogP contribution in [0, 0.1) is 13.8 Å². The molecule has 0 radical (unpaired) electrons. The fourth-order valence-corrected chi connectivity index (χ4v) is 3.15. The molecule has 1 amide bonds. The van der Waals surface area contributed by atoms with Crippen molar-refractivity contribution < 1.29 is 9.90 Å². The van der Waals surface area contributed by atoms with Gasteiger partial charge in [0.25, 0.3) is 0 Å². The zero-order valence-corrected chi connectivity index (χ0v) is 13.1. The first-order chi connectivity index (χ1) is 9.61. The topological polar surface area (TPSA) is 40.5 Å². The highest BCUT2D eigenvalue weighted by atomic mass is 32.2. The molecule has 1 aromatic rings. The zero-order valence-electron chi connectivity index (χ0n) is 12.3. The molecule has 0 aromatic heterocycles. The largest absolute Gasteiger partial charge is 0.395 e. The summed E-state index contributed by atoms with van der Waals surface area (Å²) >= 11 is 1.73. The van der Waals surface area contributed by atoms with Gasteiger partial charge >= 0.3 is 0 Å². The van der Waals surface area contributed by atoms with E-state index in [9.17, 15) is 4.79 Å². The number of nitrogens with zero attached hydrogens (tertiary/aromatic N) is 1. The first-order valence-electron chi connectivity index (χ1n) is 7.22. The average Bonchev–Trinajstić information content (AvgIpc) is 3.24. The van der Waals surface area contributed by atoms with Gasteiger partial charge in [-0.05, 0) is 49.9 Å². The number of rotatable bonds is 7. The van der Waals surface area contributed by atoms with Crippen LogP contribution in [0.2, 0.25) is 0 Å². The van der Waals surface area contributed by atoms with E-state index in [4.69, 9.17) is 5.11 Å². The molecule has 3 nitrogen and oxygen atoms in total. The minimum atomic E-state index is 0.0620. The molecule has 0 atom stereocenters. The maximum absolute atomic E-state index is 12.1. The number of hydrogen-bond donors (Lipinski definition) is 1. The minimum absolute atomic E-state index is 0.0620. The van der Waals surface area contributed by atoms with Crippen molar-refractivity contribution in [3.63, 3.8) is 0 Å². The summed E-state index contributed by atoms with van der Waals surface area (Å²) in [6.45, 7) is 4.76. The summed E-state index contributed by atoms with van der Waals surface area (Å²) in [5.41, 5.74) is 2.59. The van der Waals surface area contributed by atoms with Crippen LogP contribution in [0.15, 0.2) is 23.1 Å². The highest BCUT2D eigenvalue weighted by Gasteiger charge is 2.31. The van der Waals surface area contributed by atoms with Crippen molar-refractivity contribution in [2.75, 3.05) is 18.9 Å². The third-order valence-electron chi connectivity index (χ3n) is 3.71. The summed E-state index contributed by atoms with van der Waals surface area (Å²) in [6.07, 6.45) is 2.74. The van der Waals surface area contributed by atoms with Gasteiger partial charge in [-0.2, -0.15) is 0 Å². The van der Waals surface area contributed by atoms with E-state index >= 15 is 0 Å². The van der Waals surface area contributed by atoms with Crippen molar-refractivity contribution in [3.05, 3.63) is 29.3 Å². The molecule has 110 valence electrons. The molecule has 1 N–H and O–H groups in total. The minimum Gasteiger partial charge on any atom is -0.395 e. The molecule has 1 aliphatic carbocycles. The van der Waals surface area contributed by atoms with E-state index in [1.54, 1.807) is 11.8 Å². The maximum Gasteiger partial charge on any atom is 0.223 e. The first-order valence-corrected chi connectivity index (χ1v) is 8.20. The molecule has 0 heterocycles. The predicted molar refractivity (Wildman–Crippen MR) is 83.1 cm³/mol. The number of aliphatic hydroxyl groups is 1. The predicted octanol–water partition coefficient (Wildman–Crippen LogP) is 2.77. The number of aliphatic hydroxyl groups excluding tert-OH is 1. The Morgan fingerprint density at radius 2 is 2.10 bits per heavy atom. The Bertz CT molecular complexity index is 472. The Hall–Kier alpha value is -1.00. The van der Waals surface area contributed by atoms with Crippen molar-refractivity contribution in [2.45, 2.75) is 44.0 Å². The number of aryl methyl sites for hydroxylation is 2. The van der Waals surface area contributed by atoms with E-state index in [1.165, 1.54) is 16.0 Å². The molecule has 1 aromatic carbocycles. The smallest absolute Gasteiger partial charge is 0.223 e. The van der Waals surface area contributed by atoms with Gasteiger partial charge in [-0.3, -0.25) is 4.79 Å². The summed E-state index contributed by atoms with van der Waals surface area (Å²) in [5.74, 6) is 0.980. The second kappa shape index (κ2) is 7.14. The number of thioether (sulfide) groups is 1. The van der Waals surface area contributed by atoms with Crippen LogP contribution >= 0.6 is 11.8 Å². The summed E-state index contributed by atoms with van der Waals surface area (Å²) in [7, 11) is 0. The van der Waals surface area contributed by atoms with E-state index < -0.39 is 0 Å². The normalized spacial score (nSPS) is 14.3. The van der Waals surface area contributed by atoms with E-state index in [2.05, 4.69) is 32.0 Å². The molecular weight excluding hydrogens is 270 g/mol. The van der Waals surface area contributed by atoms with Crippen LogP contribution in [0.5, 0.6) is 0 Å². The average molecular weight is 293 g/mol. The monoisotopic (exact) mass is 293 g/mol. The van der Waals surface area contributed by atoms with Crippen LogP contribution in [0.4, 0.5) is 0 Å². The van der Waals surface area contributed by atoms with E-state index in [0.29, 0.717) is 19.0 Å². The molecular formula is C16H23NO2S. The SMILES string of the molecule is Cc1ccc(SCCC(=O)N(CCO)C2CC2)cc1C. The van der Waals surface area contributed by atoms with Gasteiger partial charge in [0, 0.05) is 29.7 Å². The summed E-state index contributed by atoms with van der Waals surface area (Å²) in [5, 5.41) is 9.02. The molecule has 1 saturated carbocycles. The first kappa shape index (κ1) is 15.4. The molecule has 0 saturated heterocycles. The van der Waals surface area contributed by atoms with E-state index in [1.807, 2.05) is 4.90 Å². The van der Waals surface area contributed by atoms with Gasteiger partial charge < -0.3 is 10.0 Å². The van der Waals surface area contributed by atoms with E-state index in [-0.39, 0.29) is 12.5 Å². The number of carbonyl (C=O) groups excluding carboxylic acids is 1. The van der Waals surface area contributed by atoms with Gasteiger partial charge in [-0.15, -0.1) is 11.8 Å². The van der Waals surface area contributed by atoms with Crippen LogP contribution in [0.1, 0.15) is 30.4 Å². The van der Waals surface area contributed by atoms with Gasteiger partial charge in [-0.25, -0.2) is 0 Å². The molecule has 0 spiro atoms. The fourth-order valence-electron chi connectivity index (χ4n) is 2.21. The van der Waals surface area contributed by atoms with Crippen molar-refractivity contribution in [3.8, 4) is 0 Å². The van der Waals surface area contributed by atoms with Crippen LogP contribution in [0.25, 0.3) is 0 Å². The number of benzene rings is 1. The number of carbonyl (C=O) groups is 1. The fraction of sp³-hybridized carbons (Fsp3) is 0.562. The number of amides is 1. The molecule has 1 aliphatic rings. The van der Waals surface area contributed by atoms with Gasteiger partial charge in [0.05, 0.1) is 6.61 Å². The third kappa shape index (κ3) is 4.25. The van der Waals surface area contributed by atoms with Crippen molar-refractivity contribution >= 4 is 17.7 Å². The standard InChI is InChI=1S/C16H23NO2S/c1-12-3-6-15(11-13(12)2)20-10-7-16(19)17(8-9-18)14-4-5-14/h3,6,11,14,18H,4-5,7-10H2,1-2H3. The van der Waals surface area contributed by atoms with Gasteiger partial charge in [0.15, 0.2) is 0 Å². The second-order valence-electron chi connectivity index (χ2n) is 5.39. The van der Waals surface area contributed by atoms with E-state index in [0.717, 1.165) is 18.6 Å². The molecule has 2 rings (SSSR count). The Kier molecular flexibility index (Phi) is 5.49. The van der Waals surface area contributed by atoms with Crippen molar-refractivity contribution in [2.24, 2.45) is 0 Å². The summed E-state index contributed by atoms with van der Waals surface area (Å²) in [6, 6.07) is 6.81. The zero-order chi connectivity index (χ0) is 14.5. The molecule has 0 bridgehead atoms. The van der Waals surface area contributed by atoms with Crippen molar-refractivity contribution in [1.29, 1.82) is 0 Å². The molecule has 1 fully saturated rings. The second-order valence-corrected chi connectivity index (χ2v) is 6.55. The van der Waals surface area contributed by atoms with Crippen LogP contribution in [-0.4, -0.2) is 40.9 Å². The maximum atomic E-state index is 12.1. The molecule has 0 unspecified atom stereocenters. The van der Waals surface area contributed by atoms with Gasteiger partial charge in [-0.1, -0.05) is 6.07 Å². The summed E-state index contributed by atoms with van der Waals surface area (Å²) < 4.78 is 0. The quantitative estimate of drug-likeness (QED) is 0.786. The lowest BCUT2D eigenvalue weighted by atomic mass is 10.1. The summed E-state index contributed by atoms with van der Waals surface area (Å²) in [4.78, 5) is 15.2. The molecule has 0 aliphatic heterocycles. The molecule has 20 heavy (non-hydrogen) atoms. The lowest BCUT2D eigenvalue weighted by Gasteiger charge is -2.21. The number of hydrogen-bond acceptors (Lipinski definition) is 3. The lowest BCUT2D eigenvalue weighted by molar-refractivity contribution is -0.131. The Labute approximate surface area is 125 Å².